The second-order valence-corrected chi connectivity index (χ2v) is 3.00. The van der Waals surface area contributed by atoms with Crippen LogP contribution in [0.15, 0.2) is 0 Å². The van der Waals surface area contributed by atoms with Crippen molar-refractivity contribution in [1.82, 2.24) is 4.90 Å². The highest BCUT2D eigenvalue weighted by Gasteiger charge is 2.40. The summed E-state index contributed by atoms with van der Waals surface area (Å²) >= 11 is 0. The van der Waals surface area contributed by atoms with Crippen LogP contribution in [0.2, 0.25) is 0 Å². The Morgan fingerprint density at radius 2 is 1.55 bits per heavy atom. The molecule has 1 rings (SSSR count). The Hall–Kier alpha value is -0.860. The van der Waals surface area contributed by atoms with E-state index in [0.29, 0.717) is 6.54 Å². The Bertz CT molecular complexity index is 180. The van der Waals surface area contributed by atoms with Gasteiger partial charge in [0.15, 0.2) is 0 Å². The zero-order valence-electron chi connectivity index (χ0n) is 7.13. The molecule has 1 fully saturated rings. The highest BCUT2D eigenvalue weighted by Crippen LogP contribution is 2.24. The fourth-order valence-electron chi connectivity index (χ4n) is 1.34. The molecular formula is C8H13NO2. The Kier molecular flexibility index (Phi) is 1.98. The number of imide groups is 1. The van der Waals surface area contributed by atoms with Gasteiger partial charge < -0.3 is 0 Å². The lowest BCUT2D eigenvalue weighted by Gasteiger charge is -2.09. The highest BCUT2D eigenvalue weighted by atomic mass is 16.2. The summed E-state index contributed by atoms with van der Waals surface area (Å²) < 4.78 is 0. The maximum atomic E-state index is 11.3. The maximum absolute atomic E-state index is 11.3. The minimum Gasteiger partial charge on any atom is -0.282 e. The minimum atomic E-state index is -0.123. The third-order valence-corrected chi connectivity index (χ3v) is 2.38. The smallest absolute Gasteiger partial charge is 0.232 e. The first-order valence-electron chi connectivity index (χ1n) is 3.94. The van der Waals surface area contributed by atoms with Crippen LogP contribution < -0.4 is 0 Å². The number of hydrogen-bond donors (Lipinski definition) is 0. The summed E-state index contributed by atoms with van der Waals surface area (Å²) in [5.74, 6) is -0.292. The predicted octanol–water partition coefficient (Wildman–Crippen LogP) is 0.647. The molecular weight excluding hydrogens is 142 g/mol. The molecule has 2 amide bonds. The van der Waals surface area contributed by atoms with Crippen molar-refractivity contribution >= 4 is 11.8 Å². The zero-order valence-corrected chi connectivity index (χ0v) is 7.13. The lowest BCUT2D eigenvalue weighted by Crippen LogP contribution is -2.30. The molecule has 2 unspecified atom stereocenters. The van der Waals surface area contributed by atoms with Crippen molar-refractivity contribution in [3.8, 4) is 0 Å². The maximum Gasteiger partial charge on any atom is 0.232 e. The molecule has 1 aliphatic rings. The van der Waals surface area contributed by atoms with Gasteiger partial charge >= 0.3 is 0 Å². The van der Waals surface area contributed by atoms with Crippen LogP contribution in [-0.2, 0) is 9.59 Å². The van der Waals surface area contributed by atoms with E-state index in [1.54, 1.807) is 13.8 Å². The monoisotopic (exact) mass is 155 g/mol. The molecule has 0 spiro atoms. The van der Waals surface area contributed by atoms with Crippen molar-refractivity contribution < 1.29 is 9.59 Å². The van der Waals surface area contributed by atoms with Crippen molar-refractivity contribution in [3.63, 3.8) is 0 Å². The summed E-state index contributed by atoms with van der Waals surface area (Å²) in [4.78, 5) is 23.9. The quantitative estimate of drug-likeness (QED) is 0.521. The fraction of sp³-hybridized carbons (Fsp3) is 0.750. The number of nitrogens with zero attached hydrogens (tertiary/aromatic N) is 1. The first-order chi connectivity index (χ1) is 5.09. The van der Waals surface area contributed by atoms with Gasteiger partial charge in [-0.25, -0.2) is 0 Å². The number of amides is 2. The van der Waals surface area contributed by atoms with Gasteiger partial charge in [-0.15, -0.1) is 0 Å². The molecule has 11 heavy (non-hydrogen) atoms. The van der Waals surface area contributed by atoms with E-state index in [1.165, 1.54) is 4.90 Å². The van der Waals surface area contributed by atoms with E-state index >= 15 is 0 Å². The standard InChI is InChI=1S/C8H13NO2/c1-4-9-7(10)5(2)6(3)8(9)11/h5-6H,4H2,1-3H3. The van der Waals surface area contributed by atoms with E-state index < -0.39 is 0 Å². The summed E-state index contributed by atoms with van der Waals surface area (Å²) in [6.45, 7) is 5.94. The third kappa shape index (κ3) is 1.04. The van der Waals surface area contributed by atoms with Crippen LogP contribution in [0, 0.1) is 11.8 Å². The normalized spacial score (nSPS) is 31.7. The molecule has 0 N–H and O–H groups in total. The van der Waals surface area contributed by atoms with Crippen molar-refractivity contribution in [2.45, 2.75) is 20.8 Å². The van der Waals surface area contributed by atoms with Gasteiger partial charge in [0.25, 0.3) is 0 Å². The molecule has 0 aromatic rings. The minimum absolute atomic E-state index is 0.0231. The zero-order chi connectivity index (χ0) is 8.59. The fourth-order valence-corrected chi connectivity index (χ4v) is 1.34. The van der Waals surface area contributed by atoms with Crippen molar-refractivity contribution in [2.24, 2.45) is 11.8 Å². The second kappa shape index (κ2) is 2.64. The summed E-state index contributed by atoms with van der Waals surface area (Å²) in [6, 6.07) is 0. The molecule has 0 bridgehead atoms. The molecule has 0 radical (unpaired) electrons. The summed E-state index contributed by atoms with van der Waals surface area (Å²) in [5.41, 5.74) is 0. The van der Waals surface area contributed by atoms with Gasteiger partial charge in [0.2, 0.25) is 11.8 Å². The molecule has 3 nitrogen and oxygen atoms in total. The van der Waals surface area contributed by atoms with Crippen LogP contribution in [0.1, 0.15) is 20.8 Å². The van der Waals surface area contributed by atoms with E-state index in [4.69, 9.17) is 0 Å². The molecule has 62 valence electrons. The summed E-state index contributed by atoms with van der Waals surface area (Å²) in [7, 11) is 0. The van der Waals surface area contributed by atoms with Crippen molar-refractivity contribution in [2.75, 3.05) is 6.54 Å². The van der Waals surface area contributed by atoms with Gasteiger partial charge in [-0.05, 0) is 6.92 Å². The van der Waals surface area contributed by atoms with Gasteiger partial charge in [0.05, 0.1) is 0 Å². The number of carbonyl (C=O) groups is 2. The molecule has 0 aliphatic carbocycles. The van der Waals surface area contributed by atoms with Crippen molar-refractivity contribution in [1.29, 1.82) is 0 Å². The van der Waals surface area contributed by atoms with Gasteiger partial charge in [0, 0.05) is 18.4 Å². The third-order valence-electron chi connectivity index (χ3n) is 2.38. The lowest BCUT2D eigenvalue weighted by molar-refractivity contribution is -0.139. The molecule has 2 atom stereocenters. The average molecular weight is 155 g/mol. The van der Waals surface area contributed by atoms with E-state index in [0.717, 1.165) is 0 Å². The van der Waals surface area contributed by atoms with Gasteiger partial charge in [0.1, 0.15) is 0 Å². The number of hydrogen-bond acceptors (Lipinski definition) is 2. The van der Waals surface area contributed by atoms with Gasteiger partial charge in [-0.3, -0.25) is 14.5 Å². The number of rotatable bonds is 1. The molecule has 0 aromatic carbocycles. The van der Waals surface area contributed by atoms with E-state index in [2.05, 4.69) is 0 Å². The van der Waals surface area contributed by atoms with Crippen LogP contribution >= 0.6 is 0 Å². The molecule has 1 aliphatic heterocycles. The van der Waals surface area contributed by atoms with Crippen LogP contribution in [0.5, 0.6) is 0 Å². The van der Waals surface area contributed by atoms with Crippen LogP contribution in [-0.4, -0.2) is 23.3 Å². The number of likely N-dealkylation sites (tertiary alicyclic amines) is 1. The number of carbonyl (C=O) groups excluding carboxylic acids is 2. The van der Waals surface area contributed by atoms with Gasteiger partial charge in [-0.2, -0.15) is 0 Å². The molecule has 0 aromatic heterocycles. The van der Waals surface area contributed by atoms with E-state index in [1.807, 2.05) is 6.92 Å². The van der Waals surface area contributed by atoms with Crippen LogP contribution in [0.25, 0.3) is 0 Å². The highest BCUT2D eigenvalue weighted by molar-refractivity contribution is 6.04. The Balaban J connectivity index is 2.86. The summed E-state index contributed by atoms with van der Waals surface area (Å²) in [5, 5.41) is 0. The molecule has 0 saturated carbocycles. The summed E-state index contributed by atoms with van der Waals surface area (Å²) in [6.07, 6.45) is 0. The Labute approximate surface area is 66.4 Å². The Morgan fingerprint density at radius 3 is 1.73 bits per heavy atom. The largest absolute Gasteiger partial charge is 0.282 e. The lowest BCUT2D eigenvalue weighted by atomic mass is 10.00. The molecule has 1 heterocycles. The van der Waals surface area contributed by atoms with E-state index in [-0.39, 0.29) is 23.7 Å². The SMILES string of the molecule is CCN1C(=O)C(C)C(C)C1=O. The van der Waals surface area contributed by atoms with Crippen molar-refractivity contribution in [3.05, 3.63) is 0 Å². The average Bonchev–Trinajstić information content (AvgIpc) is 2.17. The van der Waals surface area contributed by atoms with Gasteiger partial charge in [-0.1, -0.05) is 13.8 Å². The Morgan fingerprint density at radius 1 is 1.18 bits per heavy atom. The predicted molar refractivity (Wildman–Crippen MR) is 40.7 cm³/mol. The topological polar surface area (TPSA) is 37.4 Å². The molecule has 1 saturated heterocycles. The van der Waals surface area contributed by atoms with Crippen LogP contribution in [0.3, 0.4) is 0 Å². The second-order valence-electron chi connectivity index (χ2n) is 3.00. The van der Waals surface area contributed by atoms with Crippen LogP contribution in [0.4, 0.5) is 0 Å². The first-order valence-corrected chi connectivity index (χ1v) is 3.94. The first kappa shape index (κ1) is 8.24. The van der Waals surface area contributed by atoms with E-state index in [9.17, 15) is 9.59 Å². The molecule has 3 heteroatoms.